The average Bonchev–Trinajstić information content (AvgIpc) is 2.30. The van der Waals surface area contributed by atoms with Crippen molar-refractivity contribution in [3.63, 3.8) is 0 Å². The fourth-order valence-corrected chi connectivity index (χ4v) is 1.19. The van der Waals surface area contributed by atoms with Crippen LogP contribution in [0.2, 0.25) is 0 Å². The van der Waals surface area contributed by atoms with E-state index >= 15 is 0 Å². The van der Waals surface area contributed by atoms with Gasteiger partial charge in [0.25, 0.3) is 0 Å². The Hall–Kier alpha value is -2.28. The van der Waals surface area contributed by atoms with Crippen LogP contribution >= 0.6 is 11.6 Å². The molecule has 0 bridgehead atoms. The number of nitriles is 3. The highest BCUT2D eigenvalue weighted by atomic mass is 35.5. The van der Waals surface area contributed by atoms with Crippen molar-refractivity contribution in [2.24, 2.45) is 0 Å². The van der Waals surface area contributed by atoms with E-state index in [0.717, 1.165) is 0 Å². The van der Waals surface area contributed by atoms with E-state index in [1.165, 1.54) is 6.07 Å². The fraction of sp³-hybridized carbons (Fsp3) is 0. The molecule has 0 aliphatic carbocycles. The summed E-state index contributed by atoms with van der Waals surface area (Å²) >= 11 is 5.83. The number of allylic oxidation sites excluding steroid dienone is 1. The summed E-state index contributed by atoms with van der Waals surface area (Å²) in [4.78, 5) is 0. The van der Waals surface area contributed by atoms with Crippen LogP contribution in [0.25, 0.3) is 5.03 Å². The van der Waals surface area contributed by atoms with E-state index in [9.17, 15) is 0 Å². The van der Waals surface area contributed by atoms with Crippen LogP contribution in [-0.2, 0) is 0 Å². The van der Waals surface area contributed by atoms with Gasteiger partial charge in [0.05, 0.1) is 16.7 Å². The molecule has 0 aliphatic heterocycles. The van der Waals surface area contributed by atoms with Crippen LogP contribution in [0.15, 0.2) is 29.8 Å². The Bertz CT molecular complexity index is 522. The zero-order chi connectivity index (χ0) is 11.3. The fourth-order valence-electron chi connectivity index (χ4n) is 0.993. The van der Waals surface area contributed by atoms with E-state index in [1.54, 1.807) is 30.3 Å². The second kappa shape index (κ2) is 4.82. The minimum Gasteiger partial charge on any atom is -0.192 e. The summed E-state index contributed by atoms with van der Waals surface area (Å²) in [6.45, 7) is 0. The number of nitrogens with zero attached hydrogens (tertiary/aromatic N) is 3. The van der Waals surface area contributed by atoms with Gasteiger partial charge in [-0.2, -0.15) is 15.8 Å². The first kappa shape index (κ1) is 10.8. The first-order chi connectivity index (χ1) is 7.22. The third-order valence-electron chi connectivity index (χ3n) is 1.69. The SMILES string of the molecule is N#CC(C#N)=C(Cl)c1cccc(C#N)c1. The zero-order valence-corrected chi connectivity index (χ0v) is 8.28. The average molecular weight is 214 g/mol. The quantitative estimate of drug-likeness (QED) is 0.673. The largest absolute Gasteiger partial charge is 0.192 e. The van der Waals surface area contributed by atoms with Crippen molar-refractivity contribution in [2.45, 2.75) is 0 Å². The molecule has 0 aliphatic rings. The van der Waals surface area contributed by atoms with Gasteiger partial charge in [0.15, 0.2) is 0 Å². The van der Waals surface area contributed by atoms with E-state index < -0.39 is 0 Å². The Balaban J connectivity index is 3.32. The van der Waals surface area contributed by atoms with Crippen molar-refractivity contribution < 1.29 is 0 Å². The molecular weight excluding hydrogens is 210 g/mol. The molecule has 0 saturated heterocycles. The highest BCUT2D eigenvalue weighted by Crippen LogP contribution is 2.23. The van der Waals surface area contributed by atoms with Crippen LogP contribution in [0.5, 0.6) is 0 Å². The monoisotopic (exact) mass is 213 g/mol. The molecule has 0 heterocycles. The first-order valence-electron chi connectivity index (χ1n) is 3.93. The molecule has 0 aromatic heterocycles. The minimum absolute atomic E-state index is 0.0668. The Morgan fingerprint density at radius 2 is 1.80 bits per heavy atom. The van der Waals surface area contributed by atoms with Crippen molar-refractivity contribution in [3.8, 4) is 18.2 Å². The number of halogens is 1. The maximum absolute atomic E-state index is 8.66. The maximum Gasteiger partial charge on any atom is 0.148 e. The van der Waals surface area contributed by atoms with Crippen LogP contribution in [-0.4, -0.2) is 0 Å². The Morgan fingerprint density at radius 1 is 1.13 bits per heavy atom. The standard InChI is InChI=1S/C11H4ClN3/c12-11(10(6-14)7-15)9-3-1-2-8(4-9)5-13/h1-4H. The molecule has 0 atom stereocenters. The third kappa shape index (κ3) is 2.35. The highest BCUT2D eigenvalue weighted by Gasteiger charge is 2.06. The number of rotatable bonds is 1. The molecule has 0 N–H and O–H groups in total. The normalized spacial score (nSPS) is 8.13. The summed E-state index contributed by atoms with van der Waals surface area (Å²) in [5, 5.41) is 25.9. The molecular formula is C11H4ClN3. The summed E-state index contributed by atoms with van der Waals surface area (Å²) < 4.78 is 0. The summed E-state index contributed by atoms with van der Waals surface area (Å²) in [6, 6.07) is 11.8. The molecule has 0 spiro atoms. The molecule has 0 amide bonds. The van der Waals surface area contributed by atoms with Gasteiger partial charge < -0.3 is 0 Å². The van der Waals surface area contributed by atoms with Gasteiger partial charge in [-0.3, -0.25) is 0 Å². The van der Waals surface area contributed by atoms with Gasteiger partial charge in [-0.25, -0.2) is 0 Å². The highest BCUT2D eigenvalue weighted by molar-refractivity contribution is 6.49. The molecule has 1 aromatic rings. The lowest BCUT2D eigenvalue weighted by Gasteiger charge is -1.98. The van der Waals surface area contributed by atoms with Gasteiger partial charge in [0, 0.05) is 0 Å². The van der Waals surface area contributed by atoms with E-state index in [1.807, 2.05) is 6.07 Å². The number of hydrogen-bond donors (Lipinski definition) is 0. The molecule has 70 valence electrons. The van der Waals surface area contributed by atoms with Gasteiger partial charge in [0.2, 0.25) is 0 Å². The lowest BCUT2D eigenvalue weighted by atomic mass is 10.1. The number of hydrogen-bond acceptors (Lipinski definition) is 3. The molecule has 0 unspecified atom stereocenters. The molecule has 15 heavy (non-hydrogen) atoms. The summed E-state index contributed by atoms with van der Waals surface area (Å²) in [6.07, 6.45) is 0. The second-order valence-corrected chi connectivity index (χ2v) is 2.98. The van der Waals surface area contributed by atoms with Crippen LogP contribution in [0.3, 0.4) is 0 Å². The zero-order valence-electron chi connectivity index (χ0n) is 7.53. The Labute approximate surface area is 92.0 Å². The molecule has 1 rings (SSSR count). The van der Waals surface area contributed by atoms with E-state index in [4.69, 9.17) is 27.4 Å². The molecule has 0 fully saturated rings. The third-order valence-corrected chi connectivity index (χ3v) is 2.10. The second-order valence-electron chi connectivity index (χ2n) is 2.61. The van der Waals surface area contributed by atoms with Gasteiger partial charge in [-0.1, -0.05) is 23.7 Å². The van der Waals surface area contributed by atoms with E-state index in [0.29, 0.717) is 11.1 Å². The Kier molecular flexibility index (Phi) is 3.47. The van der Waals surface area contributed by atoms with Crippen molar-refractivity contribution in [2.75, 3.05) is 0 Å². The van der Waals surface area contributed by atoms with Crippen LogP contribution in [0.4, 0.5) is 0 Å². The predicted molar refractivity (Wildman–Crippen MR) is 55.2 cm³/mol. The van der Waals surface area contributed by atoms with Gasteiger partial charge >= 0.3 is 0 Å². The molecule has 0 saturated carbocycles. The van der Waals surface area contributed by atoms with Gasteiger partial charge in [0.1, 0.15) is 17.7 Å². The summed E-state index contributed by atoms with van der Waals surface area (Å²) in [7, 11) is 0. The van der Waals surface area contributed by atoms with Crippen molar-refractivity contribution in [1.82, 2.24) is 0 Å². The van der Waals surface area contributed by atoms with E-state index in [-0.39, 0.29) is 10.6 Å². The Morgan fingerprint density at radius 3 is 2.33 bits per heavy atom. The van der Waals surface area contributed by atoms with Gasteiger partial charge in [-0.15, -0.1) is 0 Å². The number of benzene rings is 1. The topological polar surface area (TPSA) is 71.4 Å². The van der Waals surface area contributed by atoms with Crippen LogP contribution in [0.1, 0.15) is 11.1 Å². The summed E-state index contributed by atoms with van der Waals surface area (Å²) in [5.41, 5.74) is 0.765. The lowest BCUT2D eigenvalue weighted by Crippen LogP contribution is -1.84. The smallest absolute Gasteiger partial charge is 0.148 e. The minimum atomic E-state index is -0.160. The molecule has 4 heteroatoms. The van der Waals surface area contributed by atoms with Gasteiger partial charge in [-0.05, 0) is 17.7 Å². The summed E-state index contributed by atoms with van der Waals surface area (Å²) in [5.74, 6) is 0. The molecule has 3 nitrogen and oxygen atoms in total. The molecule has 1 aromatic carbocycles. The first-order valence-corrected chi connectivity index (χ1v) is 4.31. The predicted octanol–water partition coefficient (Wildman–Crippen LogP) is 2.56. The lowest BCUT2D eigenvalue weighted by molar-refractivity contribution is 1.46. The van der Waals surface area contributed by atoms with Crippen LogP contribution < -0.4 is 0 Å². The van der Waals surface area contributed by atoms with E-state index in [2.05, 4.69) is 0 Å². The molecule has 0 radical (unpaired) electrons. The van der Waals surface area contributed by atoms with Crippen LogP contribution in [0, 0.1) is 34.0 Å². The maximum atomic E-state index is 8.66. The van der Waals surface area contributed by atoms with Crippen molar-refractivity contribution in [1.29, 1.82) is 15.8 Å². The van der Waals surface area contributed by atoms with Crippen molar-refractivity contribution in [3.05, 3.63) is 41.0 Å². The van der Waals surface area contributed by atoms with Crippen molar-refractivity contribution >= 4 is 16.6 Å².